The molecule has 2 aliphatic rings. The number of amides is 1. The molecule has 2 aromatic carbocycles. The molecule has 5 rings (SSSR count). The summed E-state index contributed by atoms with van der Waals surface area (Å²) >= 11 is 6.37. The smallest absolute Gasteiger partial charge is 0.314 e. The lowest BCUT2D eigenvalue weighted by molar-refractivity contribution is -0.107. The summed E-state index contributed by atoms with van der Waals surface area (Å²) in [4.78, 5) is 18.6. The van der Waals surface area contributed by atoms with E-state index in [-0.39, 0.29) is 5.89 Å². The summed E-state index contributed by atoms with van der Waals surface area (Å²) in [6.45, 7) is 3.99. The molecule has 8 nitrogen and oxygen atoms in total. The van der Waals surface area contributed by atoms with Gasteiger partial charge in [-0.3, -0.25) is 9.69 Å². The largest absolute Gasteiger partial charge is 0.415 e. The van der Waals surface area contributed by atoms with Gasteiger partial charge in [-0.05, 0) is 48.7 Å². The standard InChI is InChI=1S/C26H28ClF2N5O3/c1-32(20-8-10-33(11-9-20)21-14-36-15-21)23-12-19(27)6-7-22(23)34(16-35)13-17-2-4-18(5-3-17)25-30-31-26(37-25)24(28)29/h2-7,12,16,20-21,24H,8-11,13-15H2,1H3. The van der Waals surface area contributed by atoms with Gasteiger partial charge in [0.05, 0.1) is 37.2 Å². The van der Waals surface area contributed by atoms with Crippen molar-refractivity contribution in [3.05, 3.63) is 58.9 Å². The highest BCUT2D eigenvalue weighted by Crippen LogP contribution is 2.35. The van der Waals surface area contributed by atoms with Crippen LogP contribution < -0.4 is 9.80 Å². The lowest BCUT2D eigenvalue weighted by Crippen LogP contribution is -2.54. The van der Waals surface area contributed by atoms with Crippen molar-refractivity contribution < 1.29 is 22.7 Å². The SMILES string of the molecule is CN(c1cc(Cl)ccc1N(C=O)Cc1ccc(-c2nnc(C(F)F)o2)cc1)C1CCN(C2COC2)CC1. The summed E-state index contributed by atoms with van der Waals surface area (Å²) in [6, 6.07) is 13.4. The minimum atomic E-state index is -2.82. The summed E-state index contributed by atoms with van der Waals surface area (Å²) in [5.74, 6) is -0.695. The van der Waals surface area contributed by atoms with Gasteiger partial charge in [0.2, 0.25) is 12.3 Å². The number of aromatic nitrogens is 2. The van der Waals surface area contributed by atoms with Crippen molar-refractivity contribution in [2.24, 2.45) is 0 Å². The third-order valence-electron chi connectivity index (χ3n) is 7.12. The number of alkyl halides is 2. The fourth-order valence-electron chi connectivity index (χ4n) is 4.86. The van der Waals surface area contributed by atoms with Crippen molar-refractivity contribution in [3.63, 3.8) is 0 Å². The van der Waals surface area contributed by atoms with E-state index in [4.69, 9.17) is 20.8 Å². The third kappa shape index (κ3) is 5.61. The van der Waals surface area contributed by atoms with Crippen molar-refractivity contribution >= 4 is 29.4 Å². The molecule has 196 valence electrons. The number of piperidine rings is 1. The van der Waals surface area contributed by atoms with Gasteiger partial charge in [0, 0.05) is 36.8 Å². The van der Waals surface area contributed by atoms with Crippen molar-refractivity contribution in [3.8, 4) is 11.5 Å². The number of rotatable bonds is 9. The lowest BCUT2D eigenvalue weighted by atomic mass is 10.00. The third-order valence-corrected chi connectivity index (χ3v) is 7.35. The zero-order chi connectivity index (χ0) is 25.9. The maximum Gasteiger partial charge on any atom is 0.314 e. The summed E-state index contributed by atoms with van der Waals surface area (Å²) in [5, 5.41) is 7.64. The summed E-state index contributed by atoms with van der Waals surface area (Å²) in [7, 11) is 2.05. The highest BCUT2D eigenvalue weighted by molar-refractivity contribution is 6.31. The van der Waals surface area contributed by atoms with E-state index < -0.39 is 12.3 Å². The van der Waals surface area contributed by atoms with E-state index in [0.717, 1.165) is 62.5 Å². The van der Waals surface area contributed by atoms with Crippen molar-refractivity contribution in [2.75, 3.05) is 43.2 Å². The Balaban J connectivity index is 1.30. The maximum absolute atomic E-state index is 12.8. The first-order valence-electron chi connectivity index (χ1n) is 12.2. The average molecular weight is 532 g/mol. The van der Waals surface area contributed by atoms with Gasteiger partial charge in [-0.25, -0.2) is 0 Å². The van der Waals surface area contributed by atoms with Crippen molar-refractivity contribution in [1.29, 1.82) is 0 Å². The first kappa shape index (κ1) is 25.6. The molecule has 0 spiro atoms. The van der Waals surface area contributed by atoms with E-state index in [2.05, 4.69) is 27.0 Å². The molecule has 0 N–H and O–H groups in total. The van der Waals surface area contributed by atoms with Crippen LogP contribution in [0.5, 0.6) is 0 Å². The Bertz CT molecular complexity index is 1210. The van der Waals surface area contributed by atoms with Gasteiger partial charge in [0.25, 0.3) is 5.89 Å². The molecule has 3 aromatic rings. The second-order valence-electron chi connectivity index (χ2n) is 9.38. The number of carbonyl (C=O) groups is 1. The van der Waals surface area contributed by atoms with Crippen LogP contribution in [0, 0.1) is 0 Å². The molecule has 0 saturated carbocycles. The Morgan fingerprint density at radius 2 is 1.84 bits per heavy atom. The van der Waals surface area contributed by atoms with Gasteiger partial charge in [-0.15, -0.1) is 10.2 Å². The Morgan fingerprint density at radius 1 is 1.11 bits per heavy atom. The first-order valence-corrected chi connectivity index (χ1v) is 12.6. The Kier molecular flexibility index (Phi) is 7.68. The Labute approximate surface area is 218 Å². The highest BCUT2D eigenvalue weighted by Gasteiger charge is 2.31. The number of nitrogens with zero attached hydrogens (tertiary/aromatic N) is 5. The van der Waals surface area contributed by atoms with Crippen LogP contribution in [0.25, 0.3) is 11.5 Å². The minimum Gasteiger partial charge on any atom is -0.415 e. The molecule has 1 amide bonds. The van der Waals surface area contributed by atoms with Gasteiger partial charge in [0.15, 0.2) is 0 Å². The molecule has 2 fully saturated rings. The molecule has 0 bridgehead atoms. The normalized spacial score (nSPS) is 17.1. The zero-order valence-electron chi connectivity index (χ0n) is 20.4. The van der Waals surface area contributed by atoms with E-state index in [0.29, 0.717) is 29.2 Å². The van der Waals surface area contributed by atoms with Crippen LogP contribution in [-0.4, -0.2) is 66.9 Å². The van der Waals surface area contributed by atoms with Gasteiger partial charge in [-0.2, -0.15) is 8.78 Å². The highest BCUT2D eigenvalue weighted by atomic mass is 35.5. The van der Waals surface area contributed by atoms with Gasteiger partial charge in [0.1, 0.15) is 0 Å². The number of carbonyl (C=O) groups excluding carboxylic acids is 1. The predicted molar refractivity (Wildman–Crippen MR) is 136 cm³/mol. The number of ether oxygens (including phenoxy) is 1. The maximum atomic E-state index is 12.8. The van der Waals surface area contributed by atoms with E-state index >= 15 is 0 Å². The van der Waals surface area contributed by atoms with Crippen LogP contribution in [0.3, 0.4) is 0 Å². The molecule has 11 heteroatoms. The molecule has 3 heterocycles. The topological polar surface area (TPSA) is 74.9 Å². The van der Waals surface area contributed by atoms with Crippen LogP contribution in [0.15, 0.2) is 46.9 Å². The Hall–Kier alpha value is -3.08. The van der Waals surface area contributed by atoms with Crippen LogP contribution in [-0.2, 0) is 16.1 Å². The van der Waals surface area contributed by atoms with Crippen molar-refractivity contribution in [1.82, 2.24) is 15.1 Å². The van der Waals surface area contributed by atoms with Crippen molar-refractivity contribution in [2.45, 2.75) is 37.9 Å². The molecule has 2 saturated heterocycles. The molecular weight excluding hydrogens is 504 g/mol. The van der Waals surface area contributed by atoms with Crippen LogP contribution in [0.2, 0.25) is 5.02 Å². The molecule has 0 atom stereocenters. The second kappa shape index (κ2) is 11.1. The second-order valence-corrected chi connectivity index (χ2v) is 9.82. The van der Waals surface area contributed by atoms with Crippen LogP contribution in [0.4, 0.5) is 20.2 Å². The van der Waals surface area contributed by atoms with Crippen LogP contribution >= 0.6 is 11.6 Å². The fraction of sp³-hybridized carbons (Fsp3) is 0.423. The first-order chi connectivity index (χ1) is 17.9. The summed E-state index contributed by atoms with van der Waals surface area (Å²) < 4.78 is 35.9. The number of benzene rings is 2. The van der Waals surface area contributed by atoms with Gasteiger partial charge in [-0.1, -0.05) is 23.7 Å². The summed E-state index contributed by atoms with van der Waals surface area (Å²) in [6.07, 6.45) is 0.0217. The average Bonchev–Trinajstić information content (AvgIpc) is 3.38. The molecule has 2 aliphatic heterocycles. The number of likely N-dealkylation sites (tertiary alicyclic amines) is 1. The van der Waals surface area contributed by atoms with E-state index in [1.807, 2.05) is 12.1 Å². The van der Waals surface area contributed by atoms with E-state index in [9.17, 15) is 13.6 Å². The fourth-order valence-corrected chi connectivity index (χ4v) is 5.03. The molecule has 0 aliphatic carbocycles. The number of halogens is 3. The Morgan fingerprint density at radius 3 is 2.43 bits per heavy atom. The van der Waals surface area contributed by atoms with Gasteiger partial charge >= 0.3 is 6.43 Å². The number of anilines is 2. The monoisotopic (exact) mass is 531 g/mol. The summed E-state index contributed by atoms with van der Waals surface area (Å²) in [5.41, 5.74) is 3.03. The van der Waals surface area contributed by atoms with E-state index in [1.165, 1.54) is 0 Å². The van der Waals surface area contributed by atoms with Gasteiger partial charge < -0.3 is 19.0 Å². The predicted octanol–water partition coefficient (Wildman–Crippen LogP) is 4.79. The lowest BCUT2D eigenvalue weighted by Gasteiger charge is -2.44. The zero-order valence-corrected chi connectivity index (χ0v) is 21.2. The number of hydrogen-bond acceptors (Lipinski definition) is 7. The molecular formula is C26H28ClF2N5O3. The minimum absolute atomic E-state index is 0.0200. The molecule has 1 aromatic heterocycles. The van der Waals surface area contributed by atoms with Crippen LogP contribution in [0.1, 0.15) is 30.7 Å². The number of hydrogen-bond donors (Lipinski definition) is 0. The molecule has 0 radical (unpaired) electrons. The molecule has 0 unspecified atom stereocenters. The van der Waals surface area contributed by atoms with E-state index in [1.54, 1.807) is 35.2 Å². The molecule has 37 heavy (non-hydrogen) atoms. The quantitative estimate of drug-likeness (QED) is 0.367.